The van der Waals surface area contributed by atoms with E-state index in [9.17, 15) is 9.59 Å². The van der Waals surface area contributed by atoms with E-state index in [0.29, 0.717) is 15.9 Å². The molecule has 0 radical (unpaired) electrons. The van der Waals surface area contributed by atoms with Crippen molar-refractivity contribution in [3.63, 3.8) is 0 Å². The molecule has 1 N–H and O–H groups in total. The van der Waals surface area contributed by atoms with Gasteiger partial charge in [0.05, 0.1) is 10.6 Å². The first-order valence-electron chi connectivity index (χ1n) is 7.73. The van der Waals surface area contributed by atoms with Gasteiger partial charge in [-0.25, -0.2) is 0 Å². The van der Waals surface area contributed by atoms with Crippen LogP contribution in [0.15, 0.2) is 53.1 Å². The summed E-state index contributed by atoms with van der Waals surface area (Å²) in [5, 5.41) is 3.50. The fourth-order valence-corrected chi connectivity index (χ4v) is 4.05. The van der Waals surface area contributed by atoms with E-state index in [4.69, 9.17) is 0 Å². The first-order valence-corrected chi connectivity index (χ1v) is 8.61. The molecule has 0 heterocycles. The van der Waals surface area contributed by atoms with Crippen molar-refractivity contribution in [2.75, 3.05) is 5.32 Å². The molecule has 22 heavy (non-hydrogen) atoms. The summed E-state index contributed by atoms with van der Waals surface area (Å²) in [6, 6.07) is 9.42. The Kier molecular flexibility index (Phi) is 4.78. The van der Waals surface area contributed by atoms with Crippen LogP contribution >= 0.6 is 11.8 Å². The molecule has 0 bridgehead atoms. The minimum atomic E-state index is -0.123. The van der Waals surface area contributed by atoms with Crippen LogP contribution in [-0.2, 0) is 9.59 Å². The minimum absolute atomic E-state index is 0.0615. The molecule has 0 saturated heterocycles. The highest BCUT2D eigenvalue weighted by Gasteiger charge is 2.24. The third kappa shape index (κ3) is 3.69. The lowest BCUT2D eigenvalue weighted by atomic mass is 10.0. The third-order valence-electron chi connectivity index (χ3n) is 3.94. The van der Waals surface area contributed by atoms with Gasteiger partial charge in [-0.2, -0.15) is 0 Å². The second-order valence-electron chi connectivity index (χ2n) is 5.66. The summed E-state index contributed by atoms with van der Waals surface area (Å²) in [7, 11) is 0. The number of rotatable bonds is 4. The Bertz CT molecular complexity index is 628. The number of thioether (sulfide) groups is 1. The van der Waals surface area contributed by atoms with E-state index < -0.39 is 0 Å². The number of anilines is 1. The number of carbonyl (C=O) groups is 2. The highest BCUT2D eigenvalue weighted by atomic mass is 32.2. The minimum Gasteiger partial charge on any atom is -0.352 e. The van der Waals surface area contributed by atoms with E-state index in [0.717, 1.165) is 18.5 Å². The molecule has 2 aliphatic carbocycles. The predicted molar refractivity (Wildman–Crippen MR) is 90.7 cm³/mol. The SMILES string of the molecule is O=C1C=C(SC2CCCCC2)C(=O)C=C1Nc1ccccc1. The third-order valence-corrected chi connectivity index (χ3v) is 5.32. The Balaban J connectivity index is 1.67. The lowest BCUT2D eigenvalue weighted by molar-refractivity contribution is -0.114. The molecule has 1 aromatic carbocycles. The van der Waals surface area contributed by atoms with Crippen molar-refractivity contribution < 1.29 is 9.59 Å². The molecule has 1 saturated carbocycles. The molecule has 1 aromatic rings. The fourth-order valence-electron chi connectivity index (χ4n) is 2.77. The van der Waals surface area contributed by atoms with Crippen LogP contribution in [0, 0.1) is 0 Å². The summed E-state index contributed by atoms with van der Waals surface area (Å²) in [5.74, 6) is -0.185. The maximum Gasteiger partial charge on any atom is 0.203 e. The van der Waals surface area contributed by atoms with Gasteiger partial charge in [-0.1, -0.05) is 37.5 Å². The largest absolute Gasteiger partial charge is 0.352 e. The second-order valence-corrected chi connectivity index (χ2v) is 7.01. The Morgan fingerprint density at radius 3 is 2.36 bits per heavy atom. The lowest BCUT2D eigenvalue weighted by Gasteiger charge is -2.22. The van der Waals surface area contributed by atoms with E-state index in [1.807, 2.05) is 30.3 Å². The van der Waals surface area contributed by atoms with E-state index in [-0.39, 0.29) is 11.6 Å². The van der Waals surface area contributed by atoms with E-state index in [2.05, 4.69) is 5.32 Å². The Labute approximate surface area is 134 Å². The zero-order valence-corrected chi connectivity index (χ0v) is 13.2. The summed E-state index contributed by atoms with van der Waals surface area (Å²) in [6.07, 6.45) is 8.94. The maximum absolute atomic E-state index is 12.3. The van der Waals surface area contributed by atoms with E-state index in [1.54, 1.807) is 11.8 Å². The van der Waals surface area contributed by atoms with Crippen molar-refractivity contribution in [3.8, 4) is 0 Å². The topological polar surface area (TPSA) is 46.2 Å². The first kappa shape index (κ1) is 15.1. The summed E-state index contributed by atoms with van der Waals surface area (Å²) < 4.78 is 0. The number of para-hydroxylation sites is 1. The monoisotopic (exact) mass is 313 g/mol. The molecule has 2 aliphatic rings. The highest BCUT2D eigenvalue weighted by Crippen LogP contribution is 2.35. The smallest absolute Gasteiger partial charge is 0.203 e. The zero-order chi connectivity index (χ0) is 15.4. The molecular formula is C18H19NO2S. The Morgan fingerprint density at radius 2 is 1.64 bits per heavy atom. The molecule has 114 valence electrons. The molecular weight excluding hydrogens is 294 g/mol. The summed E-state index contributed by atoms with van der Waals surface area (Å²) in [5.41, 5.74) is 1.16. The molecule has 1 fully saturated rings. The van der Waals surface area contributed by atoms with Gasteiger partial charge in [-0.05, 0) is 25.0 Å². The molecule has 0 amide bonds. The molecule has 3 rings (SSSR count). The fraction of sp³-hybridized carbons (Fsp3) is 0.333. The summed E-state index contributed by atoms with van der Waals surface area (Å²) in [4.78, 5) is 25.1. The van der Waals surface area contributed by atoms with Crippen LogP contribution in [0.25, 0.3) is 0 Å². The van der Waals surface area contributed by atoms with E-state index >= 15 is 0 Å². The lowest BCUT2D eigenvalue weighted by Crippen LogP contribution is -2.19. The number of carbonyl (C=O) groups excluding carboxylic acids is 2. The van der Waals surface area contributed by atoms with Crippen LogP contribution in [0.4, 0.5) is 5.69 Å². The van der Waals surface area contributed by atoms with Crippen LogP contribution < -0.4 is 5.32 Å². The van der Waals surface area contributed by atoms with Crippen molar-refractivity contribution in [1.29, 1.82) is 0 Å². The average Bonchev–Trinajstić information content (AvgIpc) is 2.54. The first-order chi connectivity index (χ1) is 10.7. The quantitative estimate of drug-likeness (QED) is 0.851. The van der Waals surface area contributed by atoms with Crippen LogP contribution in [0.1, 0.15) is 32.1 Å². The van der Waals surface area contributed by atoms with Crippen LogP contribution in [0.2, 0.25) is 0 Å². The molecule has 0 aromatic heterocycles. The van der Waals surface area contributed by atoms with Gasteiger partial charge >= 0.3 is 0 Å². The number of allylic oxidation sites excluding steroid dienone is 3. The number of hydrogen-bond acceptors (Lipinski definition) is 4. The molecule has 0 spiro atoms. The van der Waals surface area contributed by atoms with Gasteiger partial charge in [-0.15, -0.1) is 11.8 Å². The van der Waals surface area contributed by atoms with Gasteiger partial charge in [0, 0.05) is 23.1 Å². The molecule has 0 aliphatic heterocycles. The zero-order valence-electron chi connectivity index (χ0n) is 12.4. The van der Waals surface area contributed by atoms with Crippen LogP contribution in [0.3, 0.4) is 0 Å². The Morgan fingerprint density at radius 1 is 0.909 bits per heavy atom. The number of ketones is 2. The number of nitrogens with one attached hydrogen (secondary N) is 1. The van der Waals surface area contributed by atoms with Gasteiger partial charge in [0.1, 0.15) is 0 Å². The van der Waals surface area contributed by atoms with Crippen molar-refractivity contribution >= 4 is 29.0 Å². The Hall–Kier alpha value is -1.81. The van der Waals surface area contributed by atoms with Crippen molar-refractivity contribution in [1.82, 2.24) is 0 Å². The predicted octanol–water partition coefficient (Wildman–Crippen LogP) is 4.08. The van der Waals surface area contributed by atoms with Gasteiger partial charge in [0.2, 0.25) is 5.78 Å². The normalized spacial score (nSPS) is 19.6. The van der Waals surface area contributed by atoms with Crippen molar-refractivity contribution in [2.45, 2.75) is 37.4 Å². The van der Waals surface area contributed by atoms with Crippen molar-refractivity contribution in [2.24, 2.45) is 0 Å². The molecule has 3 nitrogen and oxygen atoms in total. The summed E-state index contributed by atoms with van der Waals surface area (Å²) >= 11 is 1.58. The molecule has 0 atom stereocenters. The summed E-state index contributed by atoms with van der Waals surface area (Å²) in [6.45, 7) is 0. The van der Waals surface area contributed by atoms with Crippen molar-refractivity contribution in [3.05, 3.63) is 53.1 Å². The van der Waals surface area contributed by atoms with Gasteiger partial charge < -0.3 is 5.32 Å². The van der Waals surface area contributed by atoms with Gasteiger partial charge in [0.15, 0.2) is 5.78 Å². The average molecular weight is 313 g/mol. The van der Waals surface area contributed by atoms with Gasteiger partial charge in [0.25, 0.3) is 0 Å². The highest BCUT2D eigenvalue weighted by molar-refractivity contribution is 8.04. The number of benzene rings is 1. The molecule has 0 unspecified atom stereocenters. The van der Waals surface area contributed by atoms with Crippen LogP contribution in [-0.4, -0.2) is 16.8 Å². The standard InChI is InChI=1S/C18H19NO2S/c20-16-12-18(22-14-9-5-2-6-10-14)17(21)11-15(16)19-13-7-3-1-4-8-13/h1,3-4,7-8,11-12,14,19H,2,5-6,9-10H2. The number of hydrogen-bond donors (Lipinski definition) is 1. The second kappa shape index (κ2) is 6.97. The maximum atomic E-state index is 12.3. The molecule has 4 heteroatoms. The van der Waals surface area contributed by atoms with Gasteiger partial charge in [-0.3, -0.25) is 9.59 Å². The van der Waals surface area contributed by atoms with Crippen LogP contribution in [0.5, 0.6) is 0 Å². The van der Waals surface area contributed by atoms with E-state index in [1.165, 1.54) is 31.4 Å².